The highest BCUT2D eigenvalue weighted by Gasteiger charge is 2.33. The van der Waals surface area contributed by atoms with Crippen molar-refractivity contribution in [1.82, 2.24) is 14.8 Å². The van der Waals surface area contributed by atoms with Gasteiger partial charge in [-0.3, -0.25) is 14.9 Å². The minimum absolute atomic E-state index is 0.0171. The highest BCUT2D eigenvalue weighted by Crippen LogP contribution is 2.27. The lowest BCUT2D eigenvalue weighted by atomic mass is 10.1. The quantitative estimate of drug-likeness (QED) is 0.770. The number of para-hydroxylation sites is 1. The zero-order chi connectivity index (χ0) is 17.2. The maximum atomic E-state index is 12.6. The smallest absolute Gasteiger partial charge is 0.249 e. The van der Waals surface area contributed by atoms with Crippen molar-refractivity contribution in [3.05, 3.63) is 60.7 Å². The molecule has 0 saturated heterocycles. The number of hydrogen-bond acceptors (Lipinski definition) is 4. The number of aromatic nitrogens is 3. The normalized spacial score (nSPS) is 16.0. The number of nitrogens with one attached hydrogen (secondary N) is 2. The van der Waals surface area contributed by atoms with Crippen molar-refractivity contribution >= 4 is 23.5 Å². The first-order chi connectivity index (χ1) is 12.2. The van der Waals surface area contributed by atoms with E-state index in [1.807, 2.05) is 48.5 Å². The van der Waals surface area contributed by atoms with Gasteiger partial charge in [0.2, 0.25) is 17.8 Å². The number of anilines is 2. The Balaban J connectivity index is 1.66. The van der Waals surface area contributed by atoms with Crippen LogP contribution < -0.4 is 10.6 Å². The molecule has 0 radical (unpaired) electrons. The molecule has 0 aliphatic carbocycles. The van der Waals surface area contributed by atoms with Crippen LogP contribution in [0.4, 0.5) is 11.6 Å². The van der Waals surface area contributed by atoms with Gasteiger partial charge in [-0.1, -0.05) is 48.5 Å². The minimum Gasteiger partial charge on any atom is -0.324 e. The van der Waals surface area contributed by atoms with E-state index in [2.05, 4.69) is 20.7 Å². The summed E-state index contributed by atoms with van der Waals surface area (Å²) in [6, 6.07) is 17.8. The van der Waals surface area contributed by atoms with Crippen molar-refractivity contribution in [2.75, 3.05) is 10.6 Å². The Labute approximate surface area is 143 Å². The van der Waals surface area contributed by atoms with Gasteiger partial charge in [-0.2, -0.15) is 4.98 Å². The number of benzene rings is 2. The summed E-state index contributed by atoms with van der Waals surface area (Å²) in [4.78, 5) is 29.0. The third-order valence-electron chi connectivity index (χ3n) is 3.93. The molecule has 2 amide bonds. The van der Waals surface area contributed by atoms with Gasteiger partial charge in [-0.15, -0.1) is 5.10 Å². The number of carbonyl (C=O) groups is 2. The Morgan fingerprint density at radius 3 is 2.48 bits per heavy atom. The van der Waals surface area contributed by atoms with Crippen molar-refractivity contribution in [2.24, 2.45) is 0 Å². The van der Waals surface area contributed by atoms with Crippen molar-refractivity contribution in [3.8, 4) is 11.4 Å². The van der Waals surface area contributed by atoms with Crippen LogP contribution in [0.1, 0.15) is 12.5 Å². The Bertz CT molecular complexity index is 921. The molecule has 2 N–H and O–H groups in total. The molecule has 0 bridgehead atoms. The van der Waals surface area contributed by atoms with E-state index < -0.39 is 6.04 Å². The summed E-state index contributed by atoms with van der Waals surface area (Å²) < 4.78 is 1.47. The first-order valence-electron chi connectivity index (χ1n) is 7.88. The summed E-state index contributed by atoms with van der Waals surface area (Å²) >= 11 is 0. The number of fused-ring (bicyclic) bond motifs is 1. The lowest BCUT2D eigenvalue weighted by molar-refractivity contribution is -0.125. The fourth-order valence-corrected chi connectivity index (χ4v) is 2.72. The third-order valence-corrected chi connectivity index (χ3v) is 3.93. The average molecular weight is 333 g/mol. The highest BCUT2D eigenvalue weighted by atomic mass is 16.2. The fraction of sp³-hybridized carbons (Fsp3) is 0.111. The predicted octanol–water partition coefficient (Wildman–Crippen LogP) is 2.47. The van der Waals surface area contributed by atoms with Crippen molar-refractivity contribution in [3.63, 3.8) is 0 Å². The monoisotopic (exact) mass is 333 g/mol. The second-order valence-corrected chi connectivity index (χ2v) is 5.69. The van der Waals surface area contributed by atoms with Crippen LogP contribution in [0.2, 0.25) is 0 Å². The average Bonchev–Trinajstić information content (AvgIpc) is 3.06. The molecule has 0 spiro atoms. The summed E-state index contributed by atoms with van der Waals surface area (Å²) in [6.45, 7) is 0. The molecule has 0 fully saturated rings. The number of amides is 2. The zero-order valence-electron chi connectivity index (χ0n) is 13.2. The molecule has 1 aliphatic heterocycles. The first-order valence-corrected chi connectivity index (χ1v) is 7.88. The Morgan fingerprint density at radius 1 is 1.08 bits per heavy atom. The topological polar surface area (TPSA) is 88.9 Å². The summed E-state index contributed by atoms with van der Waals surface area (Å²) in [6.07, 6.45) is 0.0171. The Morgan fingerprint density at radius 2 is 1.76 bits per heavy atom. The number of nitrogens with zero attached hydrogens (tertiary/aromatic N) is 3. The van der Waals surface area contributed by atoms with Crippen molar-refractivity contribution in [2.45, 2.75) is 12.5 Å². The molecule has 0 saturated carbocycles. The minimum atomic E-state index is -0.742. The molecule has 25 heavy (non-hydrogen) atoms. The van der Waals surface area contributed by atoms with Crippen LogP contribution in [0.25, 0.3) is 11.4 Å². The number of carbonyl (C=O) groups excluding carboxylic acids is 2. The van der Waals surface area contributed by atoms with Crippen LogP contribution in [-0.4, -0.2) is 26.6 Å². The van der Waals surface area contributed by atoms with Gasteiger partial charge >= 0.3 is 0 Å². The van der Waals surface area contributed by atoms with E-state index in [0.717, 1.165) is 5.56 Å². The van der Waals surface area contributed by atoms with Crippen molar-refractivity contribution < 1.29 is 9.59 Å². The predicted molar refractivity (Wildman–Crippen MR) is 92.8 cm³/mol. The van der Waals surface area contributed by atoms with Crippen LogP contribution in [0.5, 0.6) is 0 Å². The standard InChI is InChI=1S/C18H15N5O2/c24-15-11-14(17(25)19-13-9-5-2-6-10-13)23-18(20-15)21-16(22-23)12-7-3-1-4-8-12/h1-10,14H,11H2,(H,19,25)(H,20,21,22,24). The van der Waals surface area contributed by atoms with Gasteiger partial charge in [0.05, 0.1) is 6.42 Å². The summed E-state index contributed by atoms with van der Waals surface area (Å²) in [7, 11) is 0. The maximum Gasteiger partial charge on any atom is 0.249 e. The van der Waals surface area contributed by atoms with E-state index in [0.29, 0.717) is 11.5 Å². The second kappa shape index (κ2) is 6.20. The van der Waals surface area contributed by atoms with E-state index in [4.69, 9.17) is 0 Å². The molecule has 1 aliphatic rings. The molecule has 7 nitrogen and oxygen atoms in total. The Hall–Kier alpha value is -3.48. The Kier molecular flexibility index (Phi) is 3.74. The van der Waals surface area contributed by atoms with Gasteiger partial charge in [-0.05, 0) is 12.1 Å². The molecule has 1 unspecified atom stereocenters. The lowest BCUT2D eigenvalue weighted by Crippen LogP contribution is -2.36. The molecular weight excluding hydrogens is 318 g/mol. The number of rotatable bonds is 3. The molecular formula is C18H15N5O2. The molecule has 124 valence electrons. The van der Waals surface area contributed by atoms with Gasteiger partial charge in [0.15, 0.2) is 5.82 Å². The van der Waals surface area contributed by atoms with E-state index in [-0.39, 0.29) is 24.2 Å². The van der Waals surface area contributed by atoms with Crippen LogP contribution >= 0.6 is 0 Å². The van der Waals surface area contributed by atoms with Crippen LogP contribution in [0.15, 0.2) is 60.7 Å². The molecule has 2 aromatic carbocycles. The molecule has 2 heterocycles. The summed E-state index contributed by atoms with van der Waals surface area (Å²) in [5.74, 6) is 0.193. The van der Waals surface area contributed by atoms with Crippen molar-refractivity contribution in [1.29, 1.82) is 0 Å². The van der Waals surface area contributed by atoms with Gasteiger partial charge < -0.3 is 5.32 Å². The third kappa shape index (κ3) is 2.99. The maximum absolute atomic E-state index is 12.6. The van der Waals surface area contributed by atoms with Gasteiger partial charge in [-0.25, -0.2) is 4.68 Å². The molecule has 3 aromatic rings. The highest BCUT2D eigenvalue weighted by molar-refractivity contribution is 6.00. The fourth-order valence-electron chi connectivity index (χ4n) is 2.72. The van der Waals surface area contributed by atoms with Crippen LogP contribution in [-0.2, 0) is 9.59 Å². The van der Waals surface area contributed by atoms with E-state index in [9.17, 15) is 9.59 Å². The molecule has 1 aromatic heterocycles. The van der Waals surface area contributed by atoms with E-state index in [1.165, 1.54) is 4.68 Å². The molecule has 7 heteroatoms. The van der Waals surface area contributed by atoms with Gasteiger partial charge in [0.1, 0.15) is 6.04 Å². The number of hydrogen-bond donors (Lipinski definition) is 2. The summed E-state index contributed by atoms with van der Waals surface area (Å²) in [5.41, 5.74) is 1.49. The lowest BCUT2D eigenvalue weighted by Gasteiger charge is -2.22. The first kappa shape index (κ1) is 15.1. The van der Waals surface area contributed by atoms with E-state index in [1.54, 1.807) is 12.1 Å². The second-order valence-electron chi connectivity index (χ2n) is 5.69. The molecule has 1 atom stereocenters. The van der Waals surface area contributed by atoms with Gasteiger partial charge in [0, 0.05) is 11.3 Å². The largest absolute Gasteiger partial charge is 0.324 e. The zero-order valence-corrected chi connectivity index (χ0v) is 13.2. The molecule has 4 rings (SSSR count). The van der Waals surface area contributed by atoms with Crippen LogP contribution in [0, 0.1) is 0 Å². The van der Waals surface area contributed by atoms with Crippen LogP contribution in [0.3, 0.4) is 0 Å². The summed E-state index contributed by atoms with van der Waals surface area (Å²) in [5, 5.41) is 9.91. The van der Waals surface area contributed by atoms with Gasteiger partial charge in [0.25, 0.3) is 0 Å². The van der Waals surface area contributed by atoms with E-state index >= 15 is 0 Å². The SMILES string of the molecule is O=C1CC(C(=O)Nc2ccccc2)n2nc(-c3ccccc3)nc2N1.